The standard InChI is InChI=1S/C18H24N2O5S/c1-3-10-19-26(23,24)16-6-4-15(5-7-16)18(22)25-13-17(21)20-11-8-14(2)9-12-20/h3-7,14,19H,1,8-13H2,2H3. The minimum Gasteiger partial charge on any atom is -0.452 e. The average molecular weight is 380 g/mol. The van der Waals surface area contributed by atoms with Gasteiger partial charge in [0.15, 0.2) is 6.61 Å². The van der Waals surface area contributed by atoms with Gasteiger partial charge in [-0.05, 0) is 43.0 Å². The van der Waals surface area contributed by atoms with E-state index in [0.717, 1.165) is 12.8 Å². The molecule has 1 saturated heterocycles. The second-order valence-electron chi connectivity index (χ2n) is 6.30. The molecule has 1 amide bonds. The maximum atomic E-state index is 12.1. The first-order valence-corrected chi connectivity index (χ1v) is 9.97. The third-order valence-electron chi connectivity index (χ3n) is 4.28. The summed E-state index contributed by atoms with van der Waals surface area (Å²) in [6.45, 7) is 6.77. The molecule has 1 N–H and O–H groups in total. The van der Waals surface area contributed by atoms with Crippen molar-refractivity contribution in [3.63, 3.8) is 0 Å². The fourth-order valence-electron chi connectivity index (χ4n) is 2.58. The number of esters is 1. The number of hydrogen-bond acceptors (Lipinski definition) is 5. The van der Waals surface area contributed by atoms with Crippen LogP contribution in [0.1, 0.15) is 30.1 Å². The monoisotopic (exact) mass is 380 g/mol. The van der Waals surface area contributed by atoms with E-state index in [0.29, 0.717) is 19.0 Å². The van der Waals surface area contributed by atoms with Crippen molar-refractivity contribution in [3.8, 4) is 0 Å². The lowest BCUT2D eigenvalue weighted by Crippen LogP contribution is -2.40. The number of amides is 1. The Morgan fingerprint density at radius 3 is 2.46 bits per heavy atom. The van der Waals surface area contributed by atoms with Crippen LogP contribution in [0.25, 0.3) is 0 Å². The van der Waals surface area contributed by atoms with Crippen LogP contribution in [-0.2, 0) is 19.6 Å². The summed E-state index contributed by atoms with van der Waals surface area (Å²) in [5.41, 5.74) is 0.188. The lowest BCUT2D eigenvalue weighted by atomic mass is 9.99. The Kier molecular flexibility index (Phi) is 6.93. The topological polar surface area (TPSA) is 92.8 Å². The molecule has 0 atom stereocenters. The predicted molar refractivity (Wildman–Crippen MR) is 97.1 cm³/mol. The van der Waals surface area contributed by atoms with Crippen molar-refractivity contribution < 1.29 is 22.7 Å². The Hall–Kier alpha value is -2.19. The van der Waals surface area contributed by atoms with Crippen LogP contribution in [-0.4, -0.2) is 51.4 Å². The van der Waals surface area contributed by atoms with Gasteiger partial charge in [0.05, 0.1) is 10.5 Å². The molecule has 1 aromatic rings. The fraction of sp³-hybridized carbons (Fsp3) is 0.444. The summed E-state index contributed by atoms with van der Waals surface area (Å²) in [4.78, 5) is 25.9. The second-order valence-corrected chi connectivity index (χ2v) is 8.07. The molecular formula is C18H24N2O5S. The highest BCUT2D eigenvalue weighted by molar-refractivity contribution is 7.89. The Morgan fingerprint density at radius 1 is 1.27 bits per heavy atom. The molecule has 142 valence electrons. The van der Waals surface area contributed by atoms with E-state index in [1.165, 1.54) is 30.3 Å². The van der Waals surface area contributed by atoms with E-state index in [4.69, 9.17) is 4.74 Å². The van der Waals surface area contributed by atoms with Gasteiger partial charge in [-0.2, -0.15) is 0 Å². The summed E-state index contributed by atoms with van der Waals surface area (Å²) in [5.74, 6) is -0.262. The molecular weight excluding hydrogens is 356 g/mol. The minimum atomic E-state index is -3.64. The summed E-state index contributed by atoms with van der Waals surface area (Å²) in [5, 5.41) is 0. The van der Waals surface area contributed by atoms with Gasteiger partial charge >= 0.3 is 5.97 Å². The number of hydrogen-bond donors (Lipinski definition) is 1. The van der Waals surface area contributed by atoms with E-state index in [-0.39, 0.29) is 29.5 Å². The summed E-state index contributed by atoms with van der Waals surface area (Å²) in [6.07, 6.45) is 3.34. The molecule has 8 heteroatoms. The van der Waals surface area contributed by atoms with Crippen molar-refractivity contribution in [2.75, 3.05) is 26.2 Å². The third kappa shape index (κ3) is 5.40. The van der Waals surface area contributed by atoms with Crippen molar-refractivity contribution in [1.82, 2.24) is 9.62 Å². The number of nitrogens with one attached hydrogen (secondary N) is 1. The number of carbonyl (C=O) groups excluding carboxylic acids is 2. The molecule has 0 aromatic heterocycles. The highest BCUT2D eigenvalue weighted by atomic mass is 32.2. The molecule has 0 spiro atoms. The van der Waals surface area contributed by atoms with Crippen LogP contribution in [0.3, 0.4) is 0 Å². The molecule has 1 heterocycles. The first-order chi connectivity index (χ1) is 12.3. The molecule has 0 bridgehead atoms. The SMILES string of the molecule is C=CCNS(=O)(=O)c1ccc(C(=O)OCC(=O)N2CCC(C)CC2)cc1. The second kappa shape index (κ2) is 8.95. The number of nitrogens with zero attached hydrogens (tertiary/aromatic N) is 1. The Balaban J connectivity index is 1.89. The third-order valence-corrected chi connectivity index (χ3v) is 5.72. The Labute approximate surface area is 154 Å². The first kappa shape index (κ1) is 20.1. The zero-order valence-corrected chi connectivity index (χ0v) is 15.6. The molecule has 2 rings (SSSR count). The number of carbonyl (C=O) groups is 2. The van der Waals surface area contributed by atoms with Crippen molar-refractivity contribution in [3.05, 3.63) is 42.5 Å². The Bertz CT molecular complexity index is 750. The summed E-state index contributed by atoms with van der Waals surface area (Å²) in [6, 6.07) is 5.35. The van der Waals surface area contributed by atoms with E-state index < -0.39 is 16.0 Å². The zero-order valence-electron chi connectivity index (χ0n) is 14.8. The van der Waals surface area contributed by atoms with E-state index in [1.807, 2.05) is 0 Å². The number of piperidine rings is 1. The molecule has 0 radical (unpaired) electrons. The number of likely N-dealkylation sites (tertiary alicyclic amines) is 1. The minimum absolute atomic E-state index is 0.0365. The molecule has 7 nitrogen and oxygen atoms in total. The highest BCUT2D eigenvalue weighted by Crippen LogP contribution is 2.16. The molecule has 0 saturated carbocycles. The Morgan fingerprint density at radius 2 is 1.88 bits per heavy atom. The fourth-order valence-corrected chi connectivity index (χ4v) is 3.58. The zero-order chi connectivity index (χ0) is 19.2. The first-order valence-electron chi connectivity index (χ1n) is 8.49. The predicted octanol–water partition coefficient (Wildman–Crippen LogP) is 1.57. The van der Waals surface area contributed by atoms with E-state index in [9.17, 15) is 18.0 Å². The van der Waals surface area contributed by atoms with Crippen molar-refractivity contribution in [1.29, 1.82) is 0 Å². The van der Waals surface area contributed by atoms with Crippen LogP contribution >= 0.6 is 0 Å². The smallest absolute Gasteiger partial charge is 0.338 e. The number of rotatable bonds is 7. The van der Waals surface area contributed by atoms with Gasteiger partial charge in [-0.25, -0.2) is 17.9 Å². The molecule has 1 aliphatic rings. The molecule has 0 unspecified atom stereocenters. The van der Waals surface area contributed by atoms with Crippen LogP contribution in [0.15, 0.2) is 41.8 Å². The highest BCUT2D eigenvalue weighted by Gasteiger charge is 2.21. The van der Waals surface area contributed by atoms with Crippen molar-refractivity contribution >= 4 is 21.9 Å². The summed E-state index contributed by atoms with van der Waals surface area (Å²) in [7, 11) is -3.64. The van der Waals surface area contributed by atoms with Crippen LogP contribution in [0.4, 0.5) is 0 Å². The van der Waals surface area contributed by atoms with Gasteiger partial charge in [-0.3, -0.25) is 4.79 Å². The molecule has 0 aliphatic carbocycles. The van der Waals surface area contributed by atoms with Gasteiger partial charge in [0.1, 0.15) is 0 Å². The lowest BCUT2D eigenvalue weighted by molar-refractivity contribution is -0.135. The maximum absolute atomic E-state index is 12.1. The van der Waals surface area contributed by atoms with Crippen LogP contribution in [0, 0.1) is 5.92 Å². The lowest BCUT2D eigenvalue weighted by Gasteiger charge is -2.30. The normalized spacial score (nSPS) is 15.5. The van der Waals surface area contributed by atoms with E-state index in [2.05, 4.69) is 18.2 Å². The van der Waals surface area contributed by atoms with Crippen molar-refractivity contribution in [2.45, 2.75) is 24.7 Å². The quantitative estimate of drug-likeness (QED) is 0.572. The van der Waals surface area contributed by atoms with E-state index in [1.54, 1.807) is 4.90 Å². The van der Waals surface area contributed by atoms with Gasteiger partial charge in [-0.1, -0.05) is 13.0 Å². The van der Waals surface area contributed by atoms with Gasteiger partial charge in [0, 0.05) is 19.6 Å². The number of benzene rings is 1. The summed E-state index contributed by atoms with van der Waals surface area (Å²) >= 11 is 0. The van der Waals surface area contributed by atoms with Crippen molar-refractivity contribution in [2.24, 2.45) is 5.92 Å². The molecule has 1 aromatic carbocycles. The molecule has 1 aliphatic heterocycles. The number of sulfonamides is 1. The van der Waals surface area contributed by atoms with Gasteiger partial charge in [-0.15, -0.1) is 6.58 Å². The van der Waals surface area contributed by atoms with Crippen LogP contribution < -0.4 is 4.72 Å². The number of ether oxygens (including phenoxy) is 1. The maximum Gasteiger partial charge on any atom is 0.338 e. The largest absolute Gasteiger partial charge is 0.452 e. The van der Waals surface area contributed by atoms with Crippen LogP contribution in [0.5, 0.6) is 0 Å². The van der Waals surface area contributed by atoms with Gasteiger partial charge in [0.25, 0.3) is 5.91 Å². The van der Waals surface area contributed by atoms with E-state index >= 15 is 0 Å². The summed E-state index contributed by atoms with van der Waals surface area (Å²) < 4.78 is 31.3. The average Bonchev–Trinajstić information content (AvgIpc) is 2.65. The van der Waals surface area contributed by atoms with Gasteiger partial charge in [0.2, 0.25) is 10.0 Å². The van der Waals surface area contributed by atoms with Crippen LogP contribution in [0.2, 0.25) is 0 Å². The molecule has 26 heavy (non-hydrogen) atoms. The molecule has 1 fully saturated rings. The van der Waals surface area contributed by atoms with Gasteiger partial charge < -0.3 is 9.64 Å².